The molecule has 0 amide bonds. The van der Waals surface area contributed by atoms with E-state index in [1.54, 1.807) is 0 Å². The van der Waals surface area contributed by atoms with E-state index in [-0.39, 0.29) is 11.4 Å². The van der Waals surface area contributed by atoms with Crippen LogP contribution in [0.3, 0.4) is 0 Å². The molecule has 0 spiro atoms. The van der Waals surface area contributed by atoms with E-state index in [1.807, 2.05) is 18.2 Å². The lowest BCUT2D eigenvalue weighted by atomic mass is 10.1. The highest BCUT2D eigenvalue weighted by molar-refractivity contribution is 7.89. The third-order valence-electron chi connectivity index (χ3n) is 3.34. The number of ether oxygens (including phenoxy) is 1. The minimum absolute atomic E-state index is 0.0494. The fraction of sp³-hybridized carbons (Fsp3) is 0.200. The number of hydrogen-bond donors (Lipinski definition) is 1. The molecule has 1 N–H and O–H groups in total. The van der Waals surface area contributed by atoms with Gasteiger partial charge in [0.2, 0.25) is 10.0 Å². The van der Waals surface area contributed by atoms with Crippen molar-refractivity contribution in [2.24, 2.45) is 0 Å². The van der Waals surface area contributed by atoms with Gasteiger partial charge in [0.15, 0.2) is 0 Å². The van der Waals surface area contributed by atoms with Crippen molar-refractivity contribution in [1.29, 1.82) is 0 Å². The van der Waals surface area contributed by atoms with Gasteiger partial charge in [-0.05, 0) is 41.5 Å². The molecule has 0 aliphatic carbocycles. The molecule has 4 nitrogen and oxygen atoms in total. The van der Waals surface area contributed by atoms with Crippen molar-refractivity contribution in [3.05, 3.63) is 59.4 Å². The van der Waals surface area contributed by atoms with Crippen LogP contribution in [0.25, 0.3) is 0 Å². The Morgan fingerprint density at radius 2 is 1.90 bits per heavy atom. The van der Waals surface area contributed by atoms with Crippen molar-refractivity contribution >= 4 is 10.0 Å². The lowest BCUT2D eigenvalue weighted by Crippen LogP contribution is -2.23. The summed E-state index contributed by atoms with van der Waals surface area (Å²) < 4.78 is 44.9. The fourth-order valence-electron chi connectivity index (χ4n) is 2.23. The topological polar surface area (TPSA) is 55.4 Å². The highest BCUT2D eigenvalue weighted by atomic mass is 32.2. The number of nitrogens with one attached hydrogen (secondary N) is 1. The lowest BCUT2D eigenvalue weighted by molar-refractivity contribution is 0.357. The van der Waals surface area contributed by atoms with Crippen LogP contribution in [0.15, 0.2) is 47.4 Å². The second kappa shape index (κ2) is 5.46. The van der Waals surface area contributed by atoms with Gasteiger partial charge >= 0.3 is 0 Å². The quantitative estimate of drug-likeness (QED) is 0.942. The van der Waals surface area contributed by atoms with Crippen molar-refractivity contribution in [3.63, 3.8) is 0 Å². The van der Waals surface area contributed by atoms with Gasteiger partial charge in [-0.15, -0.1) is 0 Å². The van der Waals surface area contributed by atoms with Crippen LogP contribution in [0.4, 0.5) is 4.39 Å². The molecule has 1 aliphatic heterocycles. The average Bonchev–Trinajstić information content (AvgIpc) is 2.93. The van der Waals surface area contributed by atoms with Crippen LogP contribution < -0.4 is 9.46 Å². The van der Waals surface area contributed by atoms with Gasteiger partial charge in [0, 0.05) is 13.0 Å². The van der Waals surface area contributed by atoms with Gasteiger partial charge in [-0.1, -0.05) is 12.1 Å². The summed E-state index contributed by atoms with van der Waals surface area (Å²) in [5, 5.41) is 0. The molecule has 6 heteroatoms. The Hall–Kier alpha value is -1.92. The Morgan fingerprint density at radius 1 is 1.14 bits per heavy atom. The Balaban J connectivity index is 1.73. The summed E-state index contributed by atoms with van der Waals surface area (Å²) in [6, 6.07) is 10.4. The summed E-state index contributed by atoms with van der Waals surface area (Å²) in [6.07, 6.45) is 0.841. The van der Waals surface area contributed by atoms with E-state index in [2.05, 4.69) is 4.72 Å². The molecule has 21 heavy (non-hydrogen) atoms. The van der Waals surface area contributed by atoms with E-state index in [1.165, 1.54) is 12.1 Å². The fourth-order valence-corrected chi connectivity index (χ4v) is 3.24. The number of halogens is 1. The van der Waals surface area contributed by atoms with E-state index < -0.39 is 15.8 Å². The first kappa shape index (κ1) is 14.0. The molecule has 0 atom stereocenters. The summed E-state index contributed by atoms with van der Waals surface area (Å²) in [6.45, 7) is 0.854. The molecule has 0 radical (unpaired) electrons. The molecule has 0 aromatic heterocycles. The molecule has 0 unspecified atom stereocenters. The number of hydrogen-bond acceptors (Lipinski definition) is 3. The van der Waals surface area contributed by atoms with Gasteiger partial charge < -0.3 is 4.74 Å². The van der Waals surface area contributed by atoms with Crippen LogP contribution in [0, 0.1) is 5.82 Å². The van der Waals surface area contributed by atoms with Crippen molar-refractivity contribution in [2.75, 3.05) is 6.61 Å². The SMILES string of the molecule is O=S(=O)(NCc1ccc2c(c1)CCO2)c1ccc(F)cc1. The van der Waals surface area contributed by atoms with Gasteiger partial charge in [0.1, 0.15) is 11.6 Å². The zero-order valence-electron chi connectivity index (χ0n) is 11.2. The Kier molecular flexibility index (Phi) is 3.65. The summed E-state index contributed by atoms with van der Waals surface area (Å²) in [5.41, 5.74) is 1.96. The summed E-state index contributed by atoms with van der Waals surface area (Å²) in [7, 11) is -3.64. The predicted octanol–water partition coefficient (Wildman–Crippen LogP) is 2.24. The lowest BCUT2D eigenvalue weighted by Gasteiger charge is -2.08. The molecule has 2 aromatic rings. The second-order valence-electron chi connectivity index (χ2n) is 4.82. The maximum Gasteiger partial charge on any atom is 0.240 e. The monoisotopic (exact) mass is 307 g/mol. The van der Waals surface area contributed by atoms with Crippen molar-refractivity contribution in [2.45, 2.75) is 17.9 Å². The van der Waals surface area contributed by atoms with Crippen LogP contribution in [0.1, 0.15) is 11.1 Å². The van der Waals surface area contributed by atoms with E-state index in [4.69, 9.17) is 4.74 Å². The first-order valence-electron chi connectivity index (χ1n) is 6.54. The van der Waals surface area contributed by atoms with Crippen LogP contribution >= 0.6 is 0 Å². The molecule has 0 saturated heterocycles. The molecular weight excluding hydrogens is 293 g/mol. The van der Waals surface area contributed by atoms with Crippen molar-refractivity contribution in [1.82, 2.24) is 4.72 Å². The molecule has 110 valence electrons. The molecule has 3 rings (SSSR count). The Bertz CT molecular complexity index is 757. The third-order valence-corrected chi connectivity index (χ3v) is 4.76. The number of fused-ring (bicyclic) bond motifs is 1. The summed E-state index contributed by atoms with van der Waals surface area (Å²) in [4.78, 5) is 0.0494. The zero-order chi connectivity index (χ0) is 14.9. The van der Waals surface area contributed by atoms with Crippen molar-refractivity contribution < 1.29 is 17.5 Å². The minimum Gasteiger partial charge on any atom is -0.493 e. The van der Waals surface area contributed by atoms with Gasteiger partial charge in [0.05, 0.1) is 11.5 Å². The highest BCUT2D eigenvalue weighted by Gasteiger charge is 2.15. The molecular formula is C15H14FNO3S. The largest absolute Gasteiger partial charge is 0.493 e. The minimum atomic E-state index is -3.64. The molecule has 1 heterocycles. The molecule has 0 bridgehead atoms. The molecule has 0 saturated carbocycles. The normalized spacial score (nSPS) is 13.8. The molecule has 2 aromatic carbocycles. The smallest absolute Gasteiger partial charge is 0.240 e. The molecule has 1 aliphatic rings. The van der Waals surface area contributed by atoms with Gasteiger partial charge in [0.25, 0.3) is 0 Å². The first-order chi connectivity index (χ1) is 10.0. The average molecular weight is 307 g/mol. The number of sulfonamides is 1. The molecule has 0 fully saturated rings. The van der Waals surface area contributed by atoms with E-state index >= 15 is 0 Å². The summed E-state index contributed by atoms with van der Waals surface area (Å²) in [5.74, 6) is 0.396. The van der Waals surface area contributed by atoms with E-state index in [9.17, 15) is 12.8 Å². The maximum atomic E-state index is 12.8. The Morgan fingerprint density at radius 3 is 2.67 bits per heavy atom. The first-order valence-corrected chi connectivity index (χ1v) is 8.03. The van der Waals surface area contributed by atoms with Crippen LogP contribution in [0.5, 0.6) is 5.75 Å². The van der Waals surface area contributed by atoms with Crippen LogP contribution in [-0.4, -0.2) is 15.0 Å². The van der Waals surface area contributed by atoms with E-state index in [0.717, 1.165) is 35.4 Å². The number of benzene rings is 2. The van der Waals surface area contributed by atoms with Crippen LogP contribution in [0.2, 0.25) is 0 Å². The standard InChI is InChI=1S/C15H14FNO3S/c16-13-2-4-14(5-3-13)21(18,19)17-10-11-1-6-15-12(9-11)7-8-20-15/h1-6,9,17H,7-8,10H2. The zero-order valence-corrected chi connectivity index (χ0v) is 12.0. The van der Waals surface area contributed by atoms with Gasteiger partial charge in [-0.2, -0.15) is 0 Å². The summed E-state index contributed by atoms with van der Waals surface area (Å²) >= 11 is 0. The second-order valence-corrected chi connectivity index (χ2v) is 6.59. The van der Waals surface area contributed by atoms with Crippen LogP contribution in [-0.2, 0) is 23.0 Å². The van der Waals surface area contributed by atoms with Crippen molar-refractivity contribution in [3.8, 4) is 5.75 Å². The van der Waals surface area contributed by atoms with Gasteiger partial charge in [-0.25, -0.2) is 17.5 Å². The van der Waals surface area contributed by atoms with E-state index in [0.29, 0.717) is 6.61 Å². The Labute approximate surface area is 122 Å². The van der Waals surface area contributed by atoms with Gasteiger partial charge in [-0.3, -0.25) is 0 Å². The highest BCUT2D eigenvalue weighted by Crippen LogP contribution is 2.25. The maximum absolute atomic E-state index is 12.8. The predicted molar refractivity (Wildman–Crippen MR) is 76.1 cm³/mol. The third kappa shape index (κ3) is 3.06. The number of rotatable bonds is 4.